The van der Waals surface area contributed by atoms with E-state index in [4.69, 9.17) is 10.7 Å². The number of nitrogens with one attached hydrogen (secondary N) is 1. The number of ether oxygens (including phenoxy) is 1. The van der Waals surface area contributed by atoms with E-state index in [2.05, 4.69) is 4.74 Å². The predicted molar refractivity (Wildman–Crippen MR) is 52.4 cm³/mol. The number of nitrogens with zero attached hydrogens (tertiary/aromatic N) is 1. The molecule has 1 amide bonds. The summed E-state index contributed by atoms with van der Waals surface area (Å²) in [6.45, 7) is 2.14. The molecular weight excluding hydrogens is 232 g/mol. The monoisotopic (exact) mass is 244 g/mol. The lowest BCUT2D eigenvalue weighted by Crippen LogP contribution is -2.34. The number of halogens is 1. The Morgan fingerprint density at radius 1 is 1.57 bits per heavy atom. The minimum absolute atomic E-state index is 0.414. The molecular formula is C6H13ClN2O4S. The van der Waals surface area contributed by atoms with Crippen LogP contribution in [-0.4, -0.2) is 46.2 Å². The Hall–Kier alpha value is -0.530. The largest absolute Gasteiger partial charge is 0.444 e. The molecule has 0 aromatic rings. The summed E-state index contributed by atoms with van der Waals surface area (Å²) in [5.41, 5.74) is 0. The average molecular weight is 245 g/mol. The molecule has 0 aromatic heterocycles. The Kier molecular flexibility index (Phi) is 5.17. The Balaban J connectivity index is 3.95. The standard InChI is InChI=1S/C6H13ClN2O4S/c1-5(4-9(2)3)13-6(10)8-14(7,11)12/h5H,4H2,1-3H3,(H,8,10). The number of hydrogen-bond acceptors (Lipinski definition) is 5. The second-order valence-electron chi connectivity index (χ2n) is 3.02. The van der Waals surface area contributed by atoms with Gasteiger partial charge in [0.15, 0.2) is 0 Å². The summed E-state index contributed by atoms with van der Waals surface area (Å²) in [6.07, 6.45) is -1.49. The molecule has 8 heteroatoms. The van der Waals surface area contributed by atoms with Crippen LogP contribution in [0.2, 0.25) is 0 Å². The van der Waals surface area contributed by atoms with Gasteiger partial charge >= 0.3 is 15.3 Å². The lowest BCUT2D eigenvalue weighted by molar-refractivity contribution is 0.0958. The second-order valence-corrected chi connectivity index (χ2v) is 5.32. The minimum Gasteiger partial charge on any atom is -0.444 e. The molecule has 6 nitrogen and oxygen atoms in total. The van der Waals surface area contributed by atoms with E-state index in [0.29, 0.717) is 6.54 Å². The van der Waals surface area contributed by atoms with Gasteiger partial charge in [-0.05, 0) is 21.0 Å². The molecule has 84 valence electrons. The second kappa shape index (κ2) is 5.38. The van der Waals surface area contributed by atoms with Crippen molar-refractivity contribution in [2.75, 3.05) is 20.6 Å². The van der Waals surface area contributed by atoms with Crippen LogP contribution in [0.25, 0.3) is 0 Å². The van der Waals surface area contributed by atoms with Crippen LogP contribution in [-0.2, 0) is 14.0 Å². The first-order valence-electron chi connectivity index (χ1n) is 3.78. The van der Waals surface area contributed by atoms with Gasteiger partial charge in [0.25, 0.3) is 0 Å². The molecule has 1 N–H and O–H groups in total. The number of carbonyl (C=O) groups excluding carboxylic acids is 1. The van der Waals surface area contributed by atoms with E-state index in [9.17, 15) is 13.2 Å². The van der Waals surface area contributed by atoms with E-state index in [1.165, 1.54) is 4.72 Å². The van der Waals surface area contributed by atoms with E-state index >= 15 is 0 Å². The first-order valence-corrected chi connectivity index (χ1v) is 6.09. The van der Waals surface area contributed by atoms with Crippen molar-refractivity contribution in [2.24, 2.45) is 0 Å². The zero-order chi connectivity index (χ0) is 11.4. The van der Waals surface area contributed by atoms with Crippen LogP contribution in [0.15, 0.2) is 0 Å². The lowest BCUT2D eigenvalue weighted by atomic mass is 10.4. The number of hydrogen-bond donors (Lipinski definition) is 1. The maximum absolute atomic E-state index is 10.8. The fourth-order valence-electron chi connectivity index (χ4n) is 0.858. The summed E-state index contributed by atoms with van der Waals surface area (Å²) < 4.78 is 26.9. The van der Waals surface area contributed by atoms with E-state index < -0.39 is 21.4 Å². The molecule has 0 aromatic carbocycles. The highest BCUT2D eigenvalue weighted by atomic mass is 35.7. The summed E-state index contributed by atoms with van der Waals surface area (Å²) in [5.74, 6) is 0. The molecule has 0 saturated heterocycles. The third kappa shape index (κ3) is 8.09. The van der Waals surface area contributed by atoms with Crippen molar-refractivity contribution in [1.29, 1.82) is 0 Å². The van der Waals surface area contributed by atoms with Gasteiger partial charge in [0.2, 0.25) is 0 Å². The highest BCUT2D eigenvalue weighted by Gasteiger charge is 2.15. The summed E-state index contributed by atoms with van der Waals surface area (Å²) in [5, 5.41) is 0. The van der Waals surface area contributed by atoms with Crippen molar-refractivity contribution in [1.82, 2.24) is 9.62 Å². The highest BCUT2D eigenvalue weighted by Crippen LogP contribution is 1.96. The first-order chi connectivity index (χ1) is 6.20. The SMILES string of the molecule is CC(CN(C)C)OC(=O)NS(=O)(=O)Cl. The van der Waals surface area contributed by atoms with Crippen molar-refractivity contribution in [3.8, 4) is 0 Å². The van der Waals surface area contributed by atoms with Gasteiger partial charge in [-0.15, -0.1) is 0 Å². The van der Waals surface area contributed by atoms with Crippen LogP contribution in [0.1, 0.15) is 6.92 Å². The Bertz CT molecular complexity index is 290. The Morgan fingerprint density at radius 2 is 2.07 bits per heavy atom. The van der Waals surface area contributed by atoms with E-state index in [1.54, 1.807) is 25.9 Å². The first kappa shape index (κ1) is 13.5. The van der Waals surface area contributed by atoms with Gasteiger partial charge in [0.05, 0.1) is 0 Å². The van der Waals surface area contributed by atoms with Crippen LogP contribution in [0.4, 0.5) is 4.79 Å². The van der Waals surface area contributed by atoms with Crippen LogP contribution in [0.3, 0.4) is 0 Å². The molecule has 0 aliphatic heterocycles. The van der Waals surface area contributed by atoms with Gasteiger partial charge in [-0.2, -0.15) is 8.42 Å². The molecule has 0 heterocycles. The molecule has 0 rings (SSSR count). The van der Waals surface area contributed by atoms with Gasteiger partial charge in [-0.3, -0.25) is 0 Å². The normalized spacial score (nSPS) is 13.8. The van der Waals surface area contributed by atoms with Crippen LogP contribution >= 0.6 is 10.7 Å². The number of rotatable bonds is 4. The van der Waals surface area contributed by atoms with Crippen LogP contribution in [0, 0.1) is 0 Å². The summed E-state index contributed by atoms with van der Waals surface area (Å²) in [6, 6.07) is 0. The Morgan fingerprint density at radius 3 is 2.43 bits per heavy atom. The summed E-state index contributed by atoms with van der Waals surface area (Å²) in [4.78, 5) is 12.6. The topological polar surface area (TPSA) is 75.7 Å². The smallest absolute Gasteiger partial charge is 0.422 e. The van der Waals surface area contributed by atoms with Crippen molar-refractivity contribution in [3.63, 3.8) is 0 Å². The molecule has 0 fully saturated rings. The van der Waals surface area contributed by atoms with Gasteiger partial charge in [0.1, 0.15) is 6.10 Å². The van der Waals surface area contributed by atoms with Crippen LogP contribution < -0.4 is 4.72 Å². The zero-order valence-electron chi connectivity index (χ0n) is 8.15. The fraction of sp³-hybridized carbons (Fsp3) is 0.833. The molecule has 1 unspecified atom stereocenters. The molecule has 0 radical (unpaired) electrons. The Labute approximate surface area is 87.7 Å². The van der Waals surface area contributed by atoms with Crippen molar-refractivity contribution in [2.45, 2.75) is 13.0 Å². The minimum atomic E-state index is -4.06. The third-order valence-corrected chi connectivity index (χ3v) is 1.78. The summed E-state index contributed by atoms with van der Waals surface area (Å²) in [7, 11) is 4.31. The van der Waals surface area contributed by atoms with Crippen LogP contribution in [0.5, 0.6) is 0 Å². The fourth-order valence-corrected chi connectivity index (χ4v) is 1.29. The molecule has 0 saturated carbocycles. The lowest BCUT2D eigenvalue weighted by Gasteiger charge is -2.16. The van der Waals surface area contributed by atoms with Crippen molar-refractivity contribution in [3.05, 3.63) is 0 Å². The maximum Gasteiger partial charge on any atom is 0.422 e. The zero-order valence-corrected chi connectivity index (χ0v) is 9.72. The number of likely N-dealkylation sites (N-methyl/N-ethyl adjacent to an activating group) is 1. The average Bonchev–Trinajstić information content (AvgIpc) is 1.77. The summed E-state index contributed by atoms with van der Waals surface area (Å²) >= 11 is 0. The quantitative estimate of drug-likeness (QED) is 0.713. The molecule has 0 aliphatic carbocycles. The van der Waals surface area contributed by atoms with Gasteiger partial charge in [-0.25, -0.2) is 9.52 Å². The molecule has 1 atom stereocenters. The van der Waals surface area contributed by atoms with Gasteiger partial charge in [0, 0.05) is 17.2 Å². The molecule has 14 heavy (non-hydrogen) atoms. The number of carbonyl (C=O) groups is 1. The van der Waals surface area contributed by atoms with Crippen molar-refractivity contribution < 1.29 is 17.9 Å². The third-order valence-electron chi connectivity index (χ3n) is 1.14. The van der Waals surface area contributed by atoms with Gasteiger partial charge < -0.3 is 9.64 Å². The predicted octanol–water partition coefficient (Wildman–Crippen LogP) is 0.146. The van der Waals surface area contributed by atoms with Crippen molar-refractivity contribution >= 4 is 26.0 Å². The van der Waals surface area contributed by atoms with E-state index in [-0.39, 0.29) is 0 Å². The molecule has 0 bridgehead atoms. The number of amides is 1. The molecule has 0 aliphatic rings. The van der Waals surface area contributed by atoms with Gasteiger partial charge in [-0.1, -0.05) is 0 Å². The van der Waals surface area contributed by atoms with E-state index in [0.717, 1.165) is 0 Å². The van der Waals surface area contributed by atoms with E-state index in [1.807, 2.05) is 0 Å². The highest BCUT2D eigenvalue weighted by molar-refractivity contribution is 8.12. The molecule has 0 spiro atoms. The maximum atomic E-state index is 10.8.